The first kappa shape index (κ1) is 18.8. The van der Waals surface area contributed by atoms with Gasteiger partial charge in [0.25, 0.3) is 0 Å². The molecule has 2 aliphatic heterocycles. The van der Waals surface area contributed by atoms with Crippen molar-refractivity contribution >= 4 is 39.3 Å². The van der Waals surface area contributed by atoms with Crippen LogP contribution in [0.5, 0.6) is 0 Å². The number of likely N-dealkylation sites (tertiary alicyclic amines) is 1. The maximum atomic E-state index is 13.3. The molecule has 0 N–H and O–H groups in total. The highest BCUT2D eigenvalue weighted by Gasteiger charge is 2.44. The quantitative estimate of drug-likeness (QED) is 0.801. The number of amides is 1. The number of nitrogens with zero attached hydrogens (tertiary/aromatic N) is 2. The highest BCUT2D eigenvalue weighted by Crippen LogP contribution is 2.31. The van der Waals surface area contributed by atoms with Crippen LogP contribution < -0.4 is 0 Å². The molecule has 0 aliphatic carbocycles. The number of fused-ring (bicyclic) bond motifs is 1. The Morgan fingerprint density at radius 1 is 1.00 bits per heavy atom. The Balaban J connectivity index is 1.66. The van der Waals surface area contributed by atoms with Crippen LogP contribution in [0.2, 0.25) is 0 Å². The smallest absolute Gasteiger partial charge is 0.243 e. The highest BCUT2D eigenvalue weighted by atomic mass is 32.2. The van der Waals surface area contributed by atoms with E-state index < -0.39 is 16.1 Å². The molecule has 0 aromatic heterocycles. The third kappa shape index (κ3) is 3.60. The predicted octanol–water partition coefficient (Wildman–Crippen LogP) is 2.91. The number of hydrogen-bond acceptors (Lipinski definition) is 4. The Bertz CT molecular complexity index is 955. The van der Waals surface area contributed by atoms with Gasteiger partial charge in [-0.25, -0.2) is 8.42 Å². The number of sulfonamides is 1. The molecule has 0 saturated carbocycles. The highest BCUT2D eigenvalue weighted by molar-refractivity contribution is 7.89. The Morgan fingerprint density at radius 3 is 2.44 bits per heavy atom. The fraction of sp³-hybridized carbons (Fsp3) is 0.450. The molecule has 2 aromatic carbocycles. The molecule has 2 aliphatic rings. The third-order valence-electron chi connectivity index (χ3n) is 5.51. The van der Waals surface area contributed by atoms with E-state index in [2.05, 4.69) is 12.6 Å². The monoisotopic (exact) mass is 404 g/mol. The van der Waals surface area contributed by atoms with E-state index in [-0.39, 0.29) is 22.6 Å². The van der Waals surface area contributed by atoms with Gasteiger partial charge in [-0.3, -0.25) is 4.79 Å². The van der Waals surface area contributed by atoms with Gasteiger partial charge < -0.3 is 4.90 Å². The Morgan fingerprint density at radius 2 is 1.70 bits per heavy atom. The molecule has 2 atom stereocenters. The summed E-state index contributed by atoms with van der Waals surface area (Å²) < 4.78 is 28.1. The van der Waals surface area contributed by atoms with Crippen molar-refractivity contribution in [1.82, 2.24) is 9.21 Å². The fourth-order valence-corrected chi connectivity index (χ4v) is 6.22. The van der Waals surface area contributed by atoms with Crippen LogP contribution in [0.25, 0.3) is 10.8 Å². The average Bonchev–Trinajstić information content (AvgIpc) is 3.10. The summed E-state index contributed by atoms with van der Waals surface area (Å²) in [5.41, 5.74) is 0. The second-order valence-electron chi connectivity index (χ2n) is 7.37. The van der Waals surface area contributed by atoms with Crippen molar-refractivity contribution in [2.45, 2.75) is 41.9 Å². The van der Waals surface area contributed by atoms with Crippen LogP contribution in [0.3, 0.4) is 0 Å². The van der Waals surface area contributed by atoms with Gasteiger partial charge >= 0.3 is 0 Å². The molecule has 2 unspecified atom stereocenters. The van der Waals surface area contributed by atoms with Crippen molar-refractivity contribution in [3.8, 4) is 0 Å². The van der Waals surface area contributed by atoms with E-state index in [9.17, 15) is 13.2 Å². The number of carbonyl (C=O) groups is 1. The first-order valence-electron chi connectivity index (χ1n) is 9.44. The molecular weight excluding hydrogens is 380 g/mol. The lowest BCUT2D eigenvalue weighted by atomic mass is 10.1. The lowest BCUT2D eigenvalue weighted by molar-refractivity contribution is -0.135. The molecule has 2 heterocycles. The zero-order valence-corrected chi connectivity index (χ0v) is 16.8. The van der Waals surface area contributed by atoms with E-state index >= 15 is 0 Å². The summed E-state index contributed by atoms with van der Waals surface area (Å²) in [7, 11) is -3.76. The fourth-order valence-electron chi connectivity index (χ4n) is 4.06. The molecular formula is C20H24N2O3S2. The standard InChI is InChI=1S/C20H24N2O3S2/c23-20(21-10-4-1-5-11-21)19-13-17(26)14-22(19)27(24,25)18-9-8-15-6-2-3-7-16(15)12-18/h2-3,6-9,12,17,19,26H,1,4-5,10-11,13-14H2. The number of piperidine rings is 1. The van der Waals surface area contributed by atoms with Crippen molar-refractivity contribution in [3.63, 3.8) is 0 Å². The molecule has 2 fully saturated rings. The van der Waals surface area contributed by atoms with E-state index in [1.54, 1.807) is 12.1 Å². The Labute approximate surface area is 165 Å². The van der Waals surface area contributed by atoms with Crippen LogP contribution >= 0.6 is 12.6 Å². The summed E-state index contributed by atoms with van der Waals surface area (Å²) in [4.78, 5) is 15.1. The summed E-state index contributed by atoms with van der Waals surface area (Å²) in [5.74, 6) is -0.0735. The molecule has 4 rings (SSSR count). The molecule has 0 radical (unpaired) electrons. The Hall–Kier alpha value is -1.57. The molecule has 27 heavy (non-hydrogen) atoms. The molecule has 0 spiro atoms. The summed E-state index contributed by atoms with van der Waals surface area (Å²) in [6, 6.07) is 12.2. The van der Waals surface area contributed by atoms with Gasteiger partial charge in [0.2, 0.25) is 15.9 Å². The summed E-state index contributed by atoms with van der Waals surface area (Å²) in [6.45, 7) is 1.70. The van der Waals surface area contributed by atoms with Gasteiger partial charge in [-0.15, -0.1) is 0 Å². The van der Waals surface area contributed by atoms with Gasteiger partial charge in [0.05, 0.1) is 4.90 Å². The van der Waals surface area contributed by atoms with Crippen LogP contribution in [0.4, 0.5) is 0 Å². The van der Waals surface area contributed by atoms with Crippen LogP contribution in [0.15, 0.2) is 47.4 Å². The molecule has 7 heteroatoms. The maximum absolute atomic E-state index is 13.3. The van der Waals surface area contributed by atoms with Crippen molar-refractivity contribution in [2.24, 2.45) is 0 Å². The normalized spacial score (nSPS) is 24.4. The van der Waals surface area contributed by atoms with Crippen LogP contribution in [-0.4, -0.2) is 54.5 Å². The van der Waals surface area contributed by atoms with Crippen molar-refractivity contribution in [3.05, 3.63) is 42.5 Å². The average molecular weight is 405 g/mol. The lowest BCUT2D eigenvalue weighted by Crippen LogP contribution is -2.49. The Kier molecular flexibility index (Phi) is 5.18. The van der Waals surface area contributed by atoms with Gasteiger partial charge in [0.1, 0.15) is 6.04 Å². The summed E-state index contributed by atoms with van der Waals surface area (Å²) in [6.07, 6.45) is 3.56. The second-order valence-corrected chi connectivity index (χ2v) is 10.00. The minimum atomic E-state index is -3.76. The van der Waals surface area contributed by atoms with Crippen molar-refractivity contribution in [1.29, 1.82) is 0 Å². The number of carbonyl (C=O) groups excluding carboxylic acids is 1. The molecule has 0 bridgehead atoms. The van der Waals surface area contributed by atoms with E-state index in [4.69, 9.17) is 0 Å². The number of rotatable bonds is 3. The van der Waals surface area contributed by atoms with Crippen molar-refractivity contribution in [2.75, 3.05) is 19.6 Å². The van der Waals surface area contributed by atoms with E-state index in [1.807, 2.05) is 35.2 Å². The third-order valence-corrected chi connectivity index (χ3v) is 7.76. The predicted molar refractivity (Wildman–Crippen MR) is 109 cm³/mol. The molecule has 1 amide bonds. The lowest BCUT2D eigenvalue weighted by Gasteiger charge is -2.32. The second kappa shape index (κ2) is 7.45. The molecule has 2 aromatic rings. The maximum Gasteiger partial charge on any atom is 0.243 e. The zero-order chi connectivity index (χ0) is 19.0. The number of benzene rings is 2. The van der Waals surface area contributed by atoms with E-state index in [0.717, 1.165) is 43.1 Å². The van der Waals surface area contributed by atoms with Gasteiger partial charge in [0, 0.05) is 24.9 Å². The van der Waals surface area contributed by atoms with Gasteiger partial charge in [0.15, 0.2) is 0 Å². The first-order chi connectivity index (χ1) is 13.0. The molecule has 2 saturated heterocycles. The van der Waals surface area contributed by atoms with Gasteiger partial charge in [-0.1, -0.05) is 30.3 Å². The van der Waals surface area contributed by atoms with Crippen molar-refractivity contribution < 1.29 is 13.2 Å². The van der Waals surface area contributed by atoms with Gasteiger partial charge in [-0.2, -0.15) is 16.9 Å². The minimum Gasteiger partial charge on any atom is -0.341 e. The first-order valence-corrected chi connectivity index (χ1v) is 11.4. The topological polar surface area (TPSA) is 57.7 Å². The minimum absolute atomic E-state index is 0.0735. The largest absolute Gasteiger partial charge is 0.341 e. The number of hydrogen-bond donors (Lipinski definition) is 1. The van der Waals surface area contributed by atoms with Crippen LogP contribution in [-0.2, 0) is 14.8 Å². The van der Waals surface area contributed by atoms with Crippen LogP contribution in [0, 0.1) is 0 Å². The van der Waals surface area contributed by atoms with E-state index in [1.165, 1.54) is 4.31 Å². The summed E-state index contributed by atoms with van der Waals surface area (Å²) >= 11 is 4.50. The number of thiol groups is 1. The molecule has 144 valence electrons. The van der Waals surface area contributed by atoms with Gasteiger partial charge in [-0.05, 0) is 48.6 Å². The molecule has 5 nitrogen and oxygen atoms in total. The summed E-state index contributed by atoms with van der Waals surface area (Å²) in [5, 5.41) is 1.74. The zero-order valence-electron chi connectivity index (χ0n) is 15.1. The van der Waals surface area contributed by atoms with Crippen LogP contribution in [0.1, 0.15) is 25.7 Å². The van der Waals surface area contributed by atoms with E-state index in [0.29, 0.717) is 6.42 Å². The SMILES string of the molecule is O=C(C1CC(S)CN1S(=O)(=O)c1ccc2ccccc2c1)N1CCCCC1.